The first kappa shape index (κ1) is 27.7. The highest BCUT2D eigenvalue weighted by atomic mass is 31.1. The van der Waals surface area contributed by atoms with Gasteiger partial charge in [-0.1, -0.05) is 15.5 Å². The normalized spacial score (nSPS) is 29.1. The lowest BCUT2D eigenvalue weighted by atomic mass is 10.0. The Morgan fingerprint density at radius 2 is 1.76 bits per heavy atom. The summed E-state index contributed by atoms with van der Waals surface area (Å²) in [5.74, 6) is 1.14. The zero-order valence-corrected chi connectivity index (χ0v) is 24.8. The van der Waals surface area contributed by atoms with Gasteiger partial charge in [-0.15, -0.1) is 0 Å². The highest BCUT2D eigenvalue weighted by molar-refractivity contribution is 7.45. The van der Waals surface area contributed by atoms with Gasteiger partial charge < -0.3 is 35.4 Å². The predicted molar refractivity (Wildman–Crippen MR) is 161 cm³/mol. The molecule has 0 spiro atoms. The Hall–Kier alpha value is -1.86. The summed E-state index contributed by atoms with van der Waals surface area (Å²) >= 11 is 0. The van der Waals surface area contributed by atoms with Crippen LogP contribution in [0.3, 0.4) is 0 Å². The van der Waals surface area contributed by atoms with Gasteiger partial charge in [-0.2, -0.15) is 0 Å². The predicted octanol–water partition coefficient (Wildman–Crippen LogP) is 2.67. The molecule has 3 fully saturated rings. The average Bonchev–Trinajstić information content (AvgIpc) is 3.34. The van der Waals surface area contributed by atoms with E-state index in [-0.39, 0.29) is 11.8 Å². The molecular weight excluding hydrogens is 493 g/mol. The number of likely N-dealkylation sites (tertiary alicyclic amines) is 1. The van der Waals surface area contributed by atoms with Crippen molar-refractivity contribution < 1.29 is 4.79 Å². The molecule has 1 aromatic carbocycles. The highest BCUT2D eigenvalue weighted by Crippen LogP contribution is 2.38. The van der Waals surface area contributed by atoms with E-state index in [2.05, 4.69) is 81.7 Å². The van der Waals surface area contributed by atoms with E-state index >= 15 is 0 Å². The lowest BCUT2D eigenvalue weighted by molar-refractivity contribution is -0.107. The van der Waals surface area contributed by atoms with Gasteiger partial charge in [0.15, 0.2) is 0 Å². The van der Waals surface area contributed by atoms with Crippen LogP contribution in [0.4, 0.5) is 11.4 Å². The standard InChI is InChI=1S/C29H48N7OP/c1-5-26-28(31-23-8-11-34(4)19-23)32-29(27(20-37)38-26)30-22-6-7-25(21(2)18-22)36-12-9-24(10-13-36)35-16-14-33(3)15-17-35/h6-7,18,20,23-24,27,29-32,38H,5,8-17,19H2,1-4H3. The zero-order valence-electron chi connectivity index (χ0n) is 23.8. The third-order valence-electron chi connectivity index (χ3n) is 8.92. The Morgan fingerprint density at radius 3 is 2.39 bits per heavy atom. The first-order chi connectivity index (χ1) is 18.4. The second-order valence-corrected chi connectivity index (χ2v) is 13.3. The topological polar surface area (TPSA) is 66.1 Å². The molecule has 8 nitrogen and oxygen atoms in total. The number of piperidine rings is 1. The van der Waals surface area contributed by atoms with E-state index in [0.29, 0.717) is 14.6 Å². The van der Waals surface area contributed by atoms with Gasteiger partial charge in [0.1, 0.15) is 18.3 Å². The van der Waals surface area contributed by atoms with Gasteiger partial charge in [-0.3, -0.25) is 4.90 Å². The molecule has 1 aromatic rings. The van der Waals surface area contributed by atoms with Crippen molar-refractivity contribution >= 4 is 26.2 Å². The smallest absolute Gasteiger partial charge is 0.131 e. The molecule has 3 N–H and O–H groups in total. The summed E-state index contributed by atoms with van der Waals surface area (Å²) in [5, 5.41) is 12.5. The van der Waals surface area contributed by atoms with Crippen molar-refractivity contribution in [1.82, 2.24) is 25.3 Å². The summed E-state index contributed by atoms with van der Waals surface area (Å²) in [7, 11) is 4.92. The van der Waals surface area contributed by atoms with Crippen LogP contribution in [0.5, 0.6) is 0 Å². The van der Waals surface area contributed by atoms with Gasteiger partial charge in [0.05, 0.1) is 5.66 Å². The van der Waals surface area contributed by atoms with E-state index < -0.39 is 0 Å². The Labute approximate surface area is 231 Å². The molecule has 9 heteroatoms. The van der Waals surface area contributed by atoms with Crippen LogP contribution < -0.4 is 20.9 Å². The first-order valence-corrected chi connectivity index (χ1v) is 15.7. The monoisotopic (exact) mass is 541 g/mol. The van der Waals surface area contributed by atoms with Crippen molar-refractivity contribution in [3.8, 4) is 0 Å². The van der Waals surface area contributed by atoms with Gasteiger partial charge in [0, 0.05) is 69.3 Å². The summed E-state index contributed by atoms with van der Waals surface area (Å²) < 4.78 is 0. The zero-order chi connectivity index (χ0) is 26.6. The molecular formula is C29H48N7OP. The number of nitrogens with one attached hydrogen (secondary N) is 3. The SMILES string of the molecule is CCC1=C(NC2CCN(C)C2)NC(Nc2ccc(N3CCC(N4CCN(C)CC4)CC3)c(C)c2)C(C=O)P1. The Bertz CT molecular complexity index is 987. The number of likely N-dealkylation sites (N-methyl/N-ethyl adjacent to an activating group) is 2. The molecule has 3 saturated heterocycles. The van der Waals surface area contributed by atoms with Gasteiger partial charge in [0.2, 0.25) is 0 Å². The molecule has 4 aliphatic heterocycles. The molecule has 4 unspecified atom stereocenters. The van der Waals surface area contributed by atoms with E-state index in [1.165, 1.54) is 55.6 Å². The summed E-state index contributed by atoms with van der Waals surface area (Å²) in [6.07, 6.45) is 5.64. The average molecular weight is 542 g/mol. The lowest BCUT2D eigenvalue weighted by Gasteiger charge is -2.43. The van der Waals surface area contributed by atoms with E-state index in [9.17, 15) is 4.79 Å². The second kappa shape index (κ2) is 12.5. The van der Waals surface area contributed by atoms with Crippen molar-refractivity contribution in [2.45, 2.75) is 63.4 Å². The van der Waals surface area contributed by atoms with Crippen LogP contribution in [-0.2, 0) is 4.79 Å². The number of piperazine rings is 1. The number of nitrogens with zero attached hydrogens (tertiary/aromatic N) is 4. The van der Waals surface area contributed by atoms with E-state index in [1.54, 1.807) is 0 Å². The van der Waals surface area contributed by atoms with Crippen LogP contribution in [-0.4, -0.2) is 111 Å². The number of aldehydes is 1. The number of benzene rings is 1. The van der Waals surface area contributed by atoms with Crippen LogP contribution in [0, 0.1) is 6.92 Å². The van der Waals surface area contributed by atoms with Crippen LogP contribution in [0.25, 0.3) is 0 Å². The molecule has 4 aliphatic rings. The molecule has 0 saturated carbocycles. The molecule has 0 amide bonds. The van der Waals surface area contributed by atoms with Crippen molar-refractivity contribution in [2.75, 3.05) is 76.7 Å². The number of rotatable bonds is 8. The Balaban J connectivity index is 1.20. The van der Waals surface area contributed by atoms with Crippen LogP contribution in [0.1, 0.15) is 38.2 Å². The lowest BCUT2D eigenvalue weighted by Crippen LogP contribution is -2.52. The number of allylic oxidation sites excluding steroid dienone is 1. The summed E-state index contributed by atoms with van der Waals surface area (Å²) in [6, 6.07) is 7.92. The van der Waals surface area contributed by atoms with Gasteiger partial charge in [0.25, 0.3) is 0 Å². The van der Waals surface area contributed by atoms with Crippen molar-refractivity contribution in [2.24, 2.45) is 0 Å². The fourth-order valence-corrected chi connectivity index (χ4v) is 7.83. The summed E-state index contributed by atoms with van der Waals surface area (Å²) in [6.45, 7) is 13.7. The fraction of sp³-hybridized carbons (Fsp3) is 0.690. The summed E-state index contributed by atoms with van der Waals surface area (Å²) in [4.78, 5) is 22.2. The molecule has 210 valence electrons. The van der Waals surface area contributed by atoms with Crippen LogP contribution in [0.2, 0.25) is 0 Å². The molecule has 5 rings (SSSR count). The maximum absolute atomic E-state index is 12.1. The molecule has 0 aliphatic carbocycles. The Kier molecular flexibility index (Phi) is 9.14. The molecule has 38 heavy (non-hydrogen) atoms. The number of carbonyl (C=O) groups excluding carboxylic acids is 1. The number of hydrogen-bond donors (Lipinski definition) is 3. The van der Waals surface area contributed by atoms with Crippen LogP contribution in [0.15, 0.2) is 29.3 Å². The van der Waals surface area contributed by atoms with E-state index in [0.717, 1.165) is 62.9 Å². The van der Waals surface area contributed by atoms with Crippen molar-refractivity contribution in [3.63, 3.8) is 0 Å². The Morgan fingerprint density at radius 1 is 1.00 bits per heavy atom. The first-order valence-electron chi connectivity index (χ1n) is 14.6. The second-order valence-electron chi connectivity index (χ2n) is 11.7. The number of aryl methyl sites for hydroxylation is 1. The third kappa shape index (κ3) is 6.47. The summed E-state index contributed by atoms with van der Waals surface area (Å²) in [5.41, 5.74) is 3.66. The molecule has 0 aromatic heterocycles. The largest absolute Gasteiger partial charge is 0.371 e. The van der Waals surface area contributed by atoms with Gasteiger partial charge in [-0.05, 0) is 82.3 Å². The molecule has 0 radical (unpaired) electrons. The number of hydrogen-bond acceptors (Lipinski definition) is 8. The van der Waals surface area contributed by atoms with Crippen LogP contribution >= 0.6 is 8.58 Å². The molecule has 4 atom stereocenters. The van der Waals surface area contributed by atoms with Gasteiger partial charge in [-0.25, -0.2) is 0 Å². The van der Waals surface area contributed by atoms with Gasteiger partial charge >= 0.3 is 0 Å². The minimum absolute atomic E-state index is 0.0599. The molecule has 4 heterocycles. The third-order valence-corrected chi connectivity index (χ3v) is 10.7. The maximum Gasteiger partial charge on any atom is 0.131 e. The van der Waals surface area contributed by atoms with E-state index in [4.69, 9.17) is 0 Å². The number of anilines is 2. The fourth-order valence-electron chi connectivity index (χ4n) is 6.53. The quantitative estimate of drug-likeness (QED) is 0.343. The highest BCUT2D eigenvalue weighted by Gasteiger charge is 2.31. The molecule has 0 bridgehead atoms. The maximum atomic E-state index is 12.1. The number of carbonyl (C=O) groups is 1. The van der Waals surface area contributed by atoms with E-state index in [1.807, 2.05) is 0 Å². The minimum Gasteiger partial charge on any atom is -0.371 e. The van der Waals surface area contributed by atoms with Crippen molar-refractivity contribution in [1.29, 1.82) is 0 Å². The van der Waals surface area contributed by atoms with Crippen molar-refractivity contribution in [3.05, 3.63) is 34.9 Å². The minimum atomic E-state index is -0.104.